The van der Waals surface area contributed by atoms with E-state index in [9.17, 15) is 13.2 Å². The maximum atomic E-state index is 13.7. The van der Waals surface area contributed by atoms with Crippen LogP contribution in [0, 0.1) is 12.7 Å². The number of alkyl halides is 2. The molecule has 3 aromatic rings. The first-order valence-corrected chi connectivity index (χ1v) is 6.93. The second kappa shape index (κ2) is 6.20. The Hall–Kier alpha value is -2.70. The molecule has 0 radical (unpaired) electrons. The Balaban J connectivity index is 1.83. The van der Waals surface area contributed by atoms with Crippen molar-refractivity contribution in [3.8, 4) is 11.3 Å². The highest BCUT2D eigenvalue weighted by atomic mass is 19.3. The molecule has 23 heavy (non-hydrogen) atoms. The van der Waals surface area contributed by atoms with E-state index in [1.165, 1.54) is 6.07 Å². The largest absolute Gasteiger partial charge is 0.266 e. The average Bonchev–Trinajstić information content (AvgIpc) is 2.95. The van der Waals surface area contributed by atoms with Crippen molar-refractivity contribution >= 4 is 0 Å². The van der Waals surface area contributed by atoms with Gasteiger partial charge in [-0.05, 0) is 31.2 Å². The number of hydrogen-bond donors (Lipinski definition) is 0. The Morgan fingerprint density at radius 3 is 2.70 bits per heavy atom. The lowest BCUT2D eigenvalue weighted by Crippen LogP contribution is -2.04. The lowest BCUT2D eigenvalue weighted by molar-refractivity contribution is 0.146. The normalized spacial score (nSPS) is 11.2. The first-order valence-electron chi connectivity index (χ1n) is 6.93. The van der Waals surface area contributed by atoms with E-state index in [0.29, 0.717) is 23.6 Å². The van der Waals surface area contributed by atoms with E-state index in [2.05, 4.69) is 15.1 Å². The van der Waals surface area contributed by atoms with Crippen LogP contribution in [0.4, 0.5) is 13.2 Å². The fourth-order valence-electron chi connectivity index (χ4n) is 2.23. The molecule has 4 nitrogen and oxygen atoms in total. The Morgan fingerprint density at radius 1 is 1.17 bits per heavy atom. The lowest BCUT2D eigenvalue weighted by atomic mass is 10.1. The van der Waals surface area contributed by atoms with Gasteiger partial charge in [-0.3, -0.25) is 4.68 Å². The van der Waals surface area contributed by atoms with Gasteiger partial charge in [0.15, 0.2) is 0 Å². The molecule has 0 N–H and O–H groups in total. The Morgan fingerprint density at radius 2 is 2.00 bits per heavy atom. The SMILES string of the molecule is Cc1nccc(Cn2ccc(-c3ccc(C(F)F)c(F)c3)n2)n1. The van der Waals surface area contributed by atoms with E-state index >= 15 is 0 Å². The molecular weight excluding hydrogens is 305 g/mol. The zero-order chi connectivity index (χ0) is 16.4. The van der Waals surface area contributed by atoms with Gasteiger partial charge >= 0.3 is 0 Å². The van der Waals surface area contributed by atoms with Crippen molar-refractivity contribution in [3.63, 3.8) is 0 Å². The number of aromatic nitrogens is 4. The summed E-state index contributed by atoms with van der Waals surface area (Å²) in [5, 5.41) is 4.32. The first-order chi connectivity index (χ1) is 11.0. The van der Waals surface area contributed by atoms with Crippen molar-refractivity contribution in [2.45, 2.75) is 19.9 Å². The molecule has 0 unspecified atom stereocenters. The summed E-state index contributed by atoms with van der Waals surface area (Å²) < 4.78 is 40.4. The van der Waals surface area contributed by atoms with Crippen molar-refractivity contribution < 1.29 is 13.2 Å². The van der Waals surface area contributed by atoms with Crippen LogP contribution in [0.3, 0.4) is 0 Å². The Labute approximate surface area is 130 Å². The van der Waals surface area contributed by atoms with Gasteiger partial charge in [-0.25, -0.2) is 23.1 Å². The monoisotopic (exact) mass is 318 g/mol. The number of rotatable bonds is 4. The van der Waals surface area contributed by atoms with Crippen LogP contribution >= 0.6 is 0 Å². The smallest absolute Gasteiger partial charge is 0.266 e. The minimum absolute atomic E-state index is 0.445. The van der Waals surface area contributed by atoms with Gasteiger partial charge in [0.2, 0.25) is 0 Å². The Bertz CT molecular complexity index is 830. The van der Waals surface area contributed by atoms with Crippen molar-refractivity contribution in [2.24, 2.45) is 0 Å². The number of halogens is 3. The molecule has 0 aliphatic rings. The van der Waals surface area contributed by atoms with E-state index in [4.69, 9.17) is 0 Å². The molecule has 0 bridgehead atoms. The number of aryl methyl sites for hydroxylation is 1. The predicted octanol–water partition coefficient (Wildman–Crippen LogP) is 3.77. The van der Waals surface area contributed by atoms with Crippen LogP contribution in [0.1, 0.15) is 23.5 Å². The third-order valence-electron chi connectivity index (χ3n) is 3.33. The summed E-state index contributed by atoms with van der Waals surface area (Å²) in [5.74, 6) is -0.266. The van der Waals surface area contributed by atoms with Crippen LogP contribution in [0.2, 0.25) is 0 Å². The molecule has 0 amide bonds. The predicted molar refractivity (Wildman–Crippen MR) is 78.4 cm³/mol. The summed E-state index contributed by atoms with van der Waals surface area (Å²) in [5.41, 5.74) is 1.15. The maximum absolute atomic E-state index is 13.7. The molecule has 0 atom stereocenters. The third-order valence-corrected chi connectivity index (χ3v) is 3.33. The molecular formula is C16H13F3N4. The highest BCUT2D eigenvalue weighted by Crippen LogP contribution is 2.26. The van der Waals surface area contributed by atoms with E-state index in [-0.39, 0.29) is 0 Å². The van der Waals surface area contributed by atoms with Gasteiger partial charge in [0.05, 0.1) is 23.5 Å². The summed E-state index contributed by atoms with van der Waals surface area (Å²) in [6.07, 6.45) is 0.564. The second-order valence-electron chi connectivity index (χ2n) is 5.03. The van der Waals surface area contributed by atoms with Gasteiger partial charge in [-0.2, -0.15) is 5.10 Å². The standard InChI is InChI=1S/C16H13F3N4/c1-10-20-6-4-12(21-10)9-23-7-5-15(22-23)11-2-3-13(16(18)19)14(17)8-11/h2-8,16H,9H2,1H3. The quantitative estimate of drug-likeness (QED) is 0.735. The number of benzene rings is 1. The lowest BCUT2D eigenvalue weighted by Gasteiger charge is -2.04. The number of hydrogen-bond acceptors (Lipinski definition) is 3. The van der Waals surface area contributed by atoms with Crippen LogP contribution in [0.5, 0.6) is 0 Å². The number of nitrogens with zero attached hydrogens (tertiary/aromatic N) is 4. The summed E-state index contributed by atoms with van der Waals surface area (Å²) >= 11 is 0. The van der Waals surface area contributed by atoms with E-state index in [0.717, 1.165) is 17.8 Å². The maximum Gasteiger partial charge on any atom is 0.266 e. The van der Waals surface area contributed by atoms with E-state index < -0.39 is 17.8 Å². The molecule has 0 aliphatic heterocycles. The van der Waals surface area contributed by atoms with Gasteiger partial charge < -0.3 is 0 Å². The molecule has 0 saturated heterocycles. The molecule has 2 heterocycles. The van der Waals surface area contributed by atoms with Gasteiger partial charge in [-0.15, -0.1) is 0 Å². The summed E-state index contributed by atoms with van der Waals surface area (Å²) in [6, 6.07) is 7.08. The van der Waals surface area contributed by atoms with Crippen molar-refractivity contribution in [3.05, 3.63) is 65.6 Å². The molecule has 3 rings (SSSR count). The van der Waals surface area contributed by atoms with E-state index in [1.807, 2.05) is 0 Å². The molecule has 0 aliphatic carbocycles. The fourth-order valence-corrected chi connectivity index (χ4v) is 2.23. The molecule has 2 aromatic heterocycles. The highest BCUT2D eigenvalue weighted by molar-refractivity contribution is 5.59. The van der Waals surface area contributed by atoms with Gasteiger partial charge in [-0.1, -0.05) is 6.07 Å². The van der Waals surface area contributed by atoms with Gasteiger partial charge in [0, 0.05) is 18.0 Å². The zero-order valence-corrected chi connectivity index (χ0v) is 12.2. The van der Waals surface area contributed by atoms with Crippen LogP contribution in [0.15, 0.2) is 42.7 Å². The van der Waals surface area contributed by atoms with Crippen LogP contribution in [-0.2, 0) is 6.54 Å². The van der Waals surface area contributed by atoms with Crippen molar-refractivity contribution in [2.75, 3.05) is 0 Å². The van der Waals surface area contributed by atoms with E-state index in [1.54, 1.807) is 36.1 Å². The van der Waals surface area contributed by atoms with Crippen LogP contribution < -0.4 is 0 Å². The first kappa shape index (κ1) is 15.2. The highest BCUT2D eigenvalue weighted by Gasteiger charge is 2.14. The molecule has 7 heteroatoms. The van der Waals surface area contributed by atoms with Crippen molar-refractivity contribution in [1.29, 1.82) is 0 Å². The molecule has 118 valence electrons. The molecule has 0 spiro atoms. The summed E-state index contributed by atoms with van der Waals surface area (Å²) in [6.45, 7) is 2.24. The zero-order valence-electron chi connectivity index (χ0n) is 12.2. The summed E-state index contributed by atoms with van der Waals surface area (Å²) in [4.78, 5) is 8.30. The molecule has 0 saturated carbocycles. The minimum Gasteiger partial charge on any atom is -0.266 e. The third kappa shape index (κ3) is 3.39. The van der Waals surface area contributed by atoms with Crippen LogP contribution in [0.25, 0.3) is 11.3 Å². The fraction of sp³-hybridized carbons (Fsp3) is 0.188. The average molecular weight is 318 g/mol. The minimum atomic E-state index is -2.83. The molecule has 1 aromatic carbocycles. The van der Waals surface area contributed by atoms with Gasteiger partial charge in [0.25, 0.3) is 6.43 Å². The Kier molecular flexibility index (Phi) is 4.10. The van der Waals surface area contributed by atoms with Crippen molar-refractivity contribution in [1.82, 2.24) is 19.7 Å². The second-order valence-corrected chi connectivity index (χ2v) is 5.03. The topological polar surface area (TPSA) is 43.6 Å². The molecule has 0 fully saturated rings. The van der Waals surface area contributed by atoms with Crippen LogP contribution in [-0.4, -0.2) is 19.7 Å². The summed E-state index contributed by atoms with van der Waals surface area (Å²) in [7, 11) is 0. The van der Waals surface area contributed by atoms with Gasteiger partial charge in [0.1, 0.15) is 11.6 Å².